The number of hydrogen-bond acceptors (Lipinski definition) is 2. The molecular weight excluding hydrogens is 352 g/mol. The normalized spacial score (nSPS) is 14.0. The standard InChI is InChI=1S/C22H22N4O2/c27-21(18-8-10-20(11-9-18)24-12-4-5-13-24)25-14-16-26(17-15-25)22(28)23-19-6-2-1-3-7-19/h1-13H,14-17H2,(H,23,28). The van der Waals surface area contributed by atoms with Gasteiger partial charge in [-0.05, 0) is 48.5 Å². The Hall–Kier alpha value is -3.54. The van der Waals surface area contributed by atoms with Crippen LogP contribution >= 0.6 is 0 Å². The first-order valence-electron chi connectivity index (χ1n) is 9.34. The van der Waals surface area contributed by atoms with Crippen molar-refractivity contribution in [3.8, 4) is 5.69 Å². The Balaban J connectivity index is 1.33. The largest absolute Gasteiger partial charge is 0.335 e. The molecule has 1 aliphatic heterocycles. The average Bonchev–Trinajstić information content (AvgIpc) is 3.29. The molecule has 1 N–H and O–H groups in total. The second-order valence-electron chi connectivity index (χ2n) is 6.71. The molecule has 3 amide bonds. The zero-order chi connectivity index (χ0) is 19.3. The molecule has 4 rings (SSSR count). The predicted molar refractivity (Wildman–Crippen MR) is 109 cm³/mol. The molecule has 0 atom stereocenters. The van der Waals surface area contributed by atoms with Crippen LogP contribution in [0.2, 0.25) is 0 Å². The number of hydrogen-bond donors (Lipinski definition) is 1. The Morgan fingerprint density at radius 2 is 1.32 bits per heavy atom. The van der Waals surface area contributed by atoms with E-state index in [1.807, 2.05) is 83.7 Å². The molecule has 3 aromatic rings. The van der Waals surface area contributed by atoms with Crippen LogP contribution in [-0.4, -0.2) is 52.5 Å². The Morgan fingerprint density at radius 3 is 1.96 bits per heavy atom. The fourth-order valence-corrected chi connectivity index (χ4v) is 3.30. The minimum absolute atomic E-state index is 0.00201. The molecule has 6 nitrogen and oxygen atoms in total. The molecule has 0 spiro atoms. The molecular formula is C22H22N4O2. The monoisotopic (exact) mass is 374 g/mol. The lowest BCUT2D eigenvalue weighted by molar-refractivity contribution is 0.0671. The van der Waals surface area contributed by atoms with Gasteiger partial charge in [0.15, 0.2) is 0 Å². The van der Waals surface area contributed by atoms with Crippen molar-refractivity contribution in [1.82, 2.24) is 14.4 Å². The van der Waals surface area contributed by atoms with Crippen LogP contribution in [-0.2, 0) is 0 Å². The molecule has 0 radical (unpaired) electrons. The van der Waals surface area contributed by atoms with Crippen molar-refractivity contribution in [3.05, 3.63) is 84.7 Å². The summed E-state index contributed by atoms with van der Waals surface area (Å²) in [6.45, 7) is 2.10. The molecule has 0 unspecified atom stereocenters. The lowest BCUT2D eigenvalue weighted by atomic mass is 10.1. The van der Waals surface area contributed by atoms with Crippen molar-refractivity contribution < 1.29 is 9.59 Å². The highest BCUT2D eigenvalue weighted by Gasteiger charge is 2.24. The van der Waals surface area contributed by atoms with Crippen LogP contribution in [0, 0.1) is 0 Å². The topological polar surface area (TPSA) is 57.6 Å². The average molecular weight is 374 g/mol. The van der Waals surface area contributed by atoms with Crippen LogP contribution in [0.3, 0.4) is 0 Å². The molecule has 28 heavy (non-hydrogen) atoms. The number of amides is 3. The highest BCUT2D eigenvalue weighted by Crippen LogP contribution is 2.14. The van der Waals surface area contributed by atoms with E-state index in [9.17, 15) is 9.59 Å². The van der Waals surface area contributed by atoms with Crippen LogP contribution in [0.5, 0.6) is 0 Å². The number of nitrogens with one attached hydrogen (secondary N) is 1. The van der Waals surface area contributed by atoms with Gasteiger partial charge in [0.1, 0.15) is 0 Å². The number of para-hydroxylation sites is 1. The van der Waals surface area contributed by atoms with Crippen LogP contribution in [0.25, 0.3) is 5.69 Å². The van der Waals surface area contributed by atoms with Gasteiger partial charge >= 0.3 is 6.03 Å². The summed E-state index contributed by atoms with van der Waals surface area (Å²) in [5.74, 6) is 0.00201. The number of nitrogens with zero attached hydrogens (tertiary/aromatic N) is 3. The van der Waals surface area contributed by atoms with E-state index < -0.39 is 0 Å². The number of carbonyl (C=O) groups is 2. The van der Waals surface area contributed by atoms with Crippen molar-refractivity contribution >= 4 is 17.6 Å². The molecule has 2 aromatic carbocycles. The summed E-state index contributed by atoms with van der Waals surface area (Å²) in [4.78, 5) is 28.7. The molecule has 2 heterocycles. The number of rotatable bonds is 3. The van der Waals surface area contributed by atoms with E-state index in [1.165, 1.54) is 0 Å². The maximum atomic E-state index is 12.8. The summed E-state index contributed by atoms with van der Waals surface area (Å²) in [6, 6.07) is 20.8. The van der Waals surface area contributed by atoms with Gasteiger partial charge in [-0.1, -0.05) is 18.2 Å². The second kappa shape index (κ2) is 8.00. The second-order valence-corrected chi connectivity index (χ2v) is 6.71. The predicted octanol–water partition coefficient (Wildman–Crippen LogP) is 3.47. The minimum atomic E-state index is -0.130. The first-order valence-corrected chi connectivity index (χ1v) is 9.34. The van der Waals surface area contributed by atoms with Gasteiger partial charge in [-0.25, -0.2) is 4.79 Å². The van der Waals surface area contributed by atoms with Gasteiger partial charge in [-0.2, -0.15) is 0 Å². The van der Waals surface area contributed by atoms with Gasteiger partial charge in [0.25, 0.3) is 5.91 Å². The highest BCUT2D eigenvalue weighted by atomic mass is 16.2. The number of aromatic nitrogens is 1. The Morgan fingerprint density at radius 1 is 0.714 bits per heavy atom. The maximum Gasteiger partial charge on any atom is 0.321 e. The number of carbonyl (C=O) groups excluding carboxylic acids is 2. The van der Waals surface area contributed by atoms with E-state index in [4.69, 9.17) is 0 Å². The highest BCUT2D eigenvalue weighted by molar-refractivity contribution is 5.95. The van der Waals surface area contributed by atoms with E-state index in [-0.39, 0.29) is 11.9 Å². The maximum absolute atomic E-state index is 12.8. The molecule has 0 saturated carbocycles. The molecule has 1 saturated heterocycles. The van der Waals surface area contributed by atoms with Crippen LogP contribution in [0.15, 0.2) is 79.1 Å². The number of anilines is 1. The van der Waals surface area contributed by atoms with Gasteiger partial charge in [0, 0.05) is 55.5 Å². The van der Waals surface area contributed by atoms with Crippen molar-refractivity contribution in [2.75, 3.05) is 31.5 Å². The fraction of sp³-hybridized carbons (Fsp3) is 0.182. The number of piperazine rings is 1. The molecule has 1 aromatic heterocycles. The Bertz CT molecular complexity index is 928. The molecule has 142 valence electrons. The third-order valence-corrected chi connectivity index (χ3v) is 4.90. The van der Waals surface area contributed by atoms with Gasteiger partial charge in [-0.3, -0.25) is 4.79 Å². The third kappa shape index (κ3) is 3.91. The van der Waals surface area contributed by atoms with E-state index in [2.05, 4.69) is 5.32 Å². The zero-order valence-electron chi connectivity index (χ0n) is 15.5. The summed E-state index contributed by atoms with van der Waals surface area (Å²) in [5.41, 5.74) is 2.45. The molecule has 6 heteroatoms. The van der Waals surface area contributed by atoms with Crippen molar-refractivity contribution in [2.45, 2.75) is 0 Å². The van der Waals surface area contributed by atoms with E-state index in [0.29, 0.717) is 31.7 Å². The smallest absolute Gasteiger partial charge is 0.321 e. The molecule has 1 aliphatic rings. The molecule has 1 fully saturated rings. The van der Waals surface area contributed by atoms with Gasteiger partial charge < -0.3 is 19.7 Å². The molecule has 0 bridgehead atoms. The SMILES string of the molecule is O=C(Nc1ccccc1)N1CCN(C(=O)c2ccc(-n3cccc3)cc2)CC1. The first-order chi connectivity index (χ1) is 13.7. The van der Waals surface area contributed by atoms with Gasteiger partial charge in [-0.15, -0.1) is 0 Å². The van der Waals surface area contributed by atoms with E-state index >= 15 is 0 Å². The summed E-state index contributed by atoms with van der Waals surface area (Å²) in [6.07, 6.45) is 3.94. The van der Waals surface area contributed by atoms with Crippen molar-refractivity contribution in [2.24, 2.45) is 0 Å². The van der Waals surface area contributed by atoms with Crippen molar-refractivity contribution in [1.29, 1.82) is 0 Å². The zero-order valence-corrected chi connectivity index (χ0v) is 15.5. The van der Waals surface area contributed by atoms with E-state index in [0.717, 1.165) is 11.4 Å². The number of urea groups is 1. The fourth-order valence-electron chi connectivity index (χ4n) is 3.30. The Kier molecular flexibility index (Phi) is 5.10. The lowest BCUT2D eigenvalue weighted by Crippen LogP contribution is -2.51. The van der Waals surface area contributed by atoms with Crippen LogP contribution < -0.4 is 5.32 Å². The van der Waals surface area contributed by atoms with Crippen LogP contribution in [0.4, 0.5) is 10.5 Å². The summed E-state index contributed by atoms with van der Waals surface area (Å²) < 4.78 is 2.00. The third-order valence-electron chi connectivity index (χ3n) is 4.90. The van der Waals surface area contributed by atoms with E-state index in [1.54, 1.807) is 9.80 Å². The van der Waals surface area contributed by atoms with Gasteiger partial charge in [0.05, 0.1) is 0 Å². The Labute approximate surface area is 164 Å². The number of benzene rings is 2. The lowest BCUT2D eigenvalue weighted by Gasteiger charge is -2.34. The summed E-state index contributed by atoms with van der Waals surface area (Å²) in [7, 11) is 0. The first kappa shape index (κ1) is 17.9. The van der Waals surface area contributed by atoms with Crippen molar-refractivity contribution in [3.63, 3.8) is 0 Å². The summed E-state index contributed by atoms with van der Waals surface area (Å²) in [5, 5.41) is 2.89. The van der Waals surface area contributed by atoms with Gasteiger partial charge in [0.2, 0.25) is 0 Å². The summed E-state index contributed by atoms with van der Waals surface area (Å²) >= 11 is 0. The minimum Gasteiger partial charge on any atom is -0.335 e. The van der Waals surface area contributed by atoms with Crippen LogP contribution in [0.1, 0.15) is 10.4 Å². The quantitative estimate of drug-likeness (QED) is 0.763. The molecule has 0 aliphatic carbocycles.